The second-order valence-corrected chi connectivity index (χ2v) is 3.12. The first-order chi connectivity index (χ1) is 6.02. The van der Waals surface area contributed by atoms with E-state index in [0.29, 0.717) is 10.3 Å². The lowest BCUT2D eigenvalue weighted by Gasteiger charge is -2.03. The third kappa shape index (κ3) is 2.12. The molecule has 5 heteroatoms. The molecule has 0 bridgehead atoms. The smallest absolute Gasteiger partial charge is 0.244 e. The summed E-state index contributed by atoms with van der Waals surface area (Å²) in [5, 5.41) is 0. The van der Waals surface area contributed by atoms with Crippen molar-refractivity contribution < 1.29 is 4.79 Å². The Bertz CT molecular complexity index is 455. The van der Waals surface area contributed by atoms with Gasteiger partial charge in [-0.15, -0.1) is 0 Å². The summed E-state index contributed by atoms with van der Waals surface area (Å²) < 4.78 is 4.10. The van der Waals surface area contributed by atoms with E-state index in [2.05, 4.69) is 4.99 Å². The molecule has 1 heterocycles. The SMILES string of the molecule is CC(=O)N=c1ccn(C)c(=S)n1C. The highest BCUT2D eigenvalue weighted by Gasteiger charge is 1.93. The summed E-state index contributed by atoms with van der Waals surface area (Å²) in [7, 11) is 3.63. The molecule has 1 rings (SSSR count). The molecular formula is C8H11N3OS. The second kappa shape index (κ2) is 3.66. The first-order valence-corrected chi connectivity index (χ1v) is 4.21. The highest BCUT2D eigenvalue weighted by Crippen LogP contribution is 1.84. The standard InChI is InChI=1S/C8H11N3OS/c1-6(12)9-7-4-5-10(2)8(13)11(7)3/h4-5H,1-3H3. The fourth-order valence-electron chi connectivity index (χ4n) is 0.962. The molecule has 70 valence electrons. The molecule has 0 aliphatic heterocycles. The lowest BCUT2D eigenvalue weighted by atomic mass is 10.6. The number of nitrogens with zero attached hydrogens (tertiary/aromatic N) is 3. The van der Waals surface area contributed by atoms with E-state index >= 15 is 0 Å². The fraction of sp³-hybridized carbons (Fsp3) is 0.375. The van der Waals surface area contributed by atoms with E-state index in [1.807, 2.05) is 7.05 Å². The Balaban J connectivity index is 3.52. The largest absolute Gasteiger partial charge is 0.328 e. The number of hydrogen-bond donors (Lipinski definition) is 0. The highest BCUT2D eigenvalue weighted by atomic mass is 32.1. The van der Waals surface area contributed by atoms with Crippen molar-refractivity contribution in [3.05, 3.63) is 22.5 Å². The van der Waals surface area contributed by atoms with Gasteiger partial charge in [-0.1, -0.05) is 0 Å². The van der Waals surface area contributed by atoms with E-state index in [1.165, 1.54) is 6.92 Å². The van der Waals surface area contributed by atoms with Crippen molar-refractivity contribution in [3.63, 3.8) is 0 Å². The number of rotatable bonds is 0. The molecule has 1 amide bonds. The van der Waals surface area contributed by atoms with Crippen molar-refractivity contribution in [1.29, 1.82) is 0 Å². The average Bonchev–Trinajstić information content (AvgIpc) is 2.06. The molecule has 0 saturated carbocycles. The van der Waals surface area contributed by atoms with E-state index < -0.39 is 0 Å². The Hall–Kier alpha value is -1.23. The van der Waals surface area contributed by atoms with Crippen LogP contribution in [-0.4, -0.2) is 15.0 Å². The Kier molecular flexibility index (Phi) is 2.77. The van der Waals surface area contributed by atoms with Gasteiger partial charge in [0.05, 0.1) is 0 Å². The number of carbonyl (C=O) groups is 1. The molecule has 0 unspecified atom stereocenters. The van der Waals surface area contributed by atoms with Gasteiger partial charge in [0.1, 0.15) is 5.49 Å². The van der Waals surface area contributed by atoms with E-state index in [9.17, 15) is 4.79 Å². The number of amides is 1. The van der Waals surface area contributed by atoms with Gasteiger partial charge in [0.2, 0.25) is 5.91 Å². The summed E-state index contributed by atoms with van der Waals surface area (Å²) in [5.41, 5.74) is 0.579. The van der Waals surface area contributed by atoms with Crippen molar-refractivity contribution in [1.82, 2.24) is 9.13 Å². The highest BCUT2D eigenvalue weighted by molar-refractivity contribution is 7.71. The molecule has 0 spiro atoms. The van der Waals surface area contributed by atoms with Gasteiger partial charge in [-0.05, 0) is 18.3 Å². The van der Waals surface area contributed by atoms with Crippen molar-refractivity contribution in [3.8, 4) is 0 Å². The van der Waals surface area contributed by atoms with Gasteiger partial charge in [-0.2, -0.15) is 4.99 Å². The number of carbonyl (C=O) groups excluding carboxylic acids is 1. The minimum absolute atomic E-state index is 0.223. The third-order valence-corrected chi connectivity index (χ3v) is 2.21. The van der Waals surface area contributed by atoms with Gasteiger partial charge in [0.15, 0.2) is 4.77 Å². The van der Waals surface area contributed by atoms with Gasteiger partial charge in [0, 0.05) is 27.2 Å². The zero-order valence-electron chi connectivity index (χ0n) is 7.81. The lowest BCUT2D eigenvalue weighted by Crippen LogP contribution is -2.22. The Labute approximate surface area is 81.2 Å². The Morgan fingerprint density at radius 2 is 2.15 bits per heavy atom. The predicted octanol–water partition coefficient (Wildman–Crippen LogP) is 0.540. The number of hydrogen-bond acceptors (Lipinski definition) is 2. The van der Waals surface area contributed by atoms with Crippen LogP contribution in [0.25, 0.3) is 0 Å². The molecular weight excluding hydrogens is 186 g/mol. The maximum Gasteiger partial charge on any atom is 0.244 e. The molecule has 1 aromatic heterocycles. The van der Waals surface area contributed by atoms with Crippen LogP contribution in [0.3, 0.4) is 0 Å². The van der Waals surface area contributed by atoms with Crippen LogP contribution >= 0.6 is 12.2 Å². The monoisotopic (exact) mass is 197 g/mol. The first-order valence-electron chi connectivity index (χ1n) is 3.80. The first kappa shape index (κ1) is 9.85. The third-order valence-electron chi connectivity index (χ3n) is 1.65. The van der Waals surface area contributed by atoms with Gasteiger partial charge in [-0.25, -0.2) is 0 Å². The maximum absolute atomic E-state index is 10.7. The quantitative estimate of drug-likeness (QED) is 0.569. The number of aryl methyl sites for hydroxylation is 1. The predicted molar refractivity (Wildman–Crippen MR) is 51.5 cm³/mol. The lowest BCUT2D eigenvalue weighted by molar-refractivity contribution is -0.116. The summed E-state index contributed by atoms with van der Waals surface area (Å²) in [6.45, 7) is 1.41. The molecule has 0 aliphatic carbocycles. The van der Waals surface area contributed by atoms with Crippen LogP contribution in [-0.2, 0) is 18.9 Å². The molecule has 13 heavy (non-hydrogen) atoms. The molecule has 0 aromatic carbocycles. The zero-order chi connectivity index (χ0) is 10.0. The van der Waals surface area contributed by atoms with Crippen LogP contribution in [0.1, 0.15) is 6.92 Å². The van der Waals surface area contributed by atoms with Crippen molar-refractivity contribution in [2.75, 3.05) is 0 Å². The zero-order valence-corrected chi connectivity index (χ0v) is 8.63. The molecule has 0 N–H and O–H groups in total. The van der Waals surface area contributed by atoms with Crippen molar-refractivity contribution in [2.24, 2.45) is 19.1 Å². The maximum atomic E-state index is 10.7. The second-order valence-electron chi connectivity index (χ2n) is 2.76. The van der Waals surface area contributed by atoms with Crippen LogP contribution in [0.15, 0.2) is 17.3 Å². The molecule has 0 atom stereocenters. The van der Waals surface area contributed by atoms with Gasteiger partial charge in [0.25, 0.3) is 0 Å². The fourth-order valence-corrected chi connectivity index (χ4v) is 1.12. The summed E-state index contributed by atoms with van der Waals surface area (Å²) in [6, 6.07) is 1.75. The van der Waals surface area contributed by atoms with Gasteiger partial charge < -0.3 is 9.13 Å². The van der Waals surface area contributed by atoms with Crippen LogP contribution in [0.5, 0.6) is 0 Å². The summed E-state index contributed by atoms with van der Waals surface area (Å²) in [6.07, 6.45) is 1.78. The molecule has 4 nitrogen and oxygen atoms in total. The molecule has 0 aliphatic rings. The molecule has 0 saturated heterocycles. The minimum atomic E-state index is -0.223. The Morgan fingerprint density at radius 1 is 1.54 bits per heavy atom. The van der Waals surface area contributed by atoms with E-state index in [0.717, 1.165) is 0 Å². The van der Waals surface area contributed by atoms with Gasteiger partial charge >= 0.3 is 0 Å². The summed E-state index contributed by atoms with van der Waals surface area (Å²) >= 11 is 5.09. The van der Waals surface area contributed by atoms with Crippen LogP contribution in [0.2, 0.25) is 0 Å². The average molecular weight is 197 g/mol. The molecule has 0 radical (unpaired) electrons. The van der Waals surface area contributed by atoms with Crippen LogP contribution in [0.4, 0.5) is 0 Å². The van der Waals surface area contributed by atoms with Gasteiger partial charge in [-0.3, -0.25) is 4.79 Å². The topological polar surface area (TPSA) is 39.3 Å². The van der Waals surface area contributed by atoms with E-state index in [4.69, 9.17) is 12.2 Å². The van der Waals surface area contributed by atoms with E-state index in [1.54, 1.807) is 28.4 Å². The van der Waals surface area contributed by atoms with E-state index in [-0.39, 0.29) is 5.91 Å². The number of aromatic nitrogens is 2. The summed E-state index contributed by atoms with van der Waals surface area (Å²) in [5.74, 6) is -0.223. The summed E-state index contributed by atoms with van der Waals surface area (Å²) in [4.78, 5) is 14.5. The van der Waals surface area contributed by atoms with Crippen molar-refractivity contribution >= 4 is 18.1 Å². The Morgan fingerprint density at radius 3 is 2.69 bits per heavy atom. The van der Waals surface area contributed by atoms with Crippen LogP contribution in [0, 0.1) is 4.77 Å². The van der Waals surface area contributed by atoms with Crippen molar-refractivity contribution in [2.45, 2.75) is 6.92 Å². The normalized spacial score (nSPS) is 11.8. The van der Waals surface area contributed by atoms with Crippen LogP contribution < -0.4 is 5.49 Å². The minimum Gasteiger partial charge on any atom is -0.328 e. The molecule has 1 aromatic rings. The molecule has 0 fully saturated rings.